The fourth-order valence-electron chi connectivity index (χ4n) is 3.31. The van der Waals surface area contributed by atoms with Crippen LogP contribution < -0.4 is 10.1 Å². The monoisotopic (exact) mass is 426 g/mol. The molecule has 1 saturated carbocycles. The summed E-state index contributed by atoms with van der Waals surface area (Å²) in [5, 5.41) is 2.96. The van der Waals surface area contributed by atoms with Gasteiger partial charge in [-0.05, 0) is 43.9 Å². The van der Waals surface area contributed by atoms with Crippen LogP contribution in [0.15, 0.2) is 23.1 Å². The molecule has 1 aliphatic carbocycles. The number of amides is 1. The van der Waals surface area contributed by atoms with Crippen LogP contribution in [0.5, 0.6) is 5.75 Å². The van der Waals surface area contributed by atoms with Crippen molar-refractivity contribution in [2.45, 2.75) is 56.6 Å². The predicted molar refractivity (Wildman–Crippen MR) is 108 cm³/mol. The first-order chi connectivity index (χ1) is 13.6. The van der Waals surface area contributed by atoms with E-state index in [0.29, 0.717) is 5.92 Å². The summed E-state index contributed by atoms with van der Waals surface area (Å²) in [6.07, 6.45) is 3.21. The maximum Gasteiger partial charge on any atom is 0.338 e. The third kappa shape index (κ3) is 5.48. The Morgan fingerprint density at radius 2 is 1.86 bits per heavy atom. The standard InChI is InChI=1S/C20H30N2O6S/c1-13-8-6-7-9-16(13)21-19(23)14(2)28-20(24)15-10-11-17(27-5)18(12-15)29(25,26)22(3)4/h10-14,16H,6-9H2,1-5H3,(H,21,23)/t13-,14+,16+/m0/s1. The molecule has 1 amide bonds. The van der Waals surface area contributed by atoms with Crippen LogP contribution in [0.25, 0.3) is 0 Å². The average Bonchev–Trinajstić information content (AvgIpc) is 2.68. The van der Waals surface area contributed by atoms with E-state index in [2.05, 4.69) is 12.2 Å². The summed E-state index contributed by atoms with van der Waals surface area (Å²) in [6, 6.07) is 4.07. The molecule has 29 heavy (non-hydrogen) atoms. The van der Waals surface area contributed by atoms with Crippen molar-refractivity contribution in [1.82, 2.24) is 9.62 Å². The Morgan fingerprint density at radius 1 is 1.21 bits per heavy atom. The molecule has 1 aromatic carbocycles. The Balaban J connectivity index is 2.12. The minimum atomic E-state index is -3.82. The van der Waals surface area contributed by atoms with Crippen molar-refractivity contribution in [3.8, 4) is 5.75 Å². The summed E-state index contributed by atoms with van der Waals surface area (Å²) < 4.78 is 36.4. The third-order valence-electron chi connectivity index (χ3n) is 5.25. The maximum atomic E-state index is 12.5. The van der Waals surface area contributed by atoms with Gasteiger partial charge >= 0.3 is 5.97 Å². The maximum absolute atomic E-state index is 12.5. The number of carbonyl (C=O) groups excluding carboxylic acids is 2. The van der Waals surface area contributed by atoms with E-state index in [-0.39, 0.29) is 28.2 Å². The van der Waals surface area contributed by atoms with Gasteiger partial charge in [0.15, 0.2) is 6.10 Å². The summed E-state index contributed by atoms with van der Waals surface area (Å²) >= 11 is 0. The molecule has 0 heterocycles. The van der Waals surface area contributed by atoms with Crippen molar-refractivity contribution in [2.24, 2.45) is 5.92 Å². The molecular formula is C20H30N2O6S. The molecule has 2 rings (SSSR count). The molecule has 0 bridgehead atoms. The first-order valence-corrected chi connectivity index (χ1v) is 11.1. The highest BCUT2D eigenvalue weighted by molar-refractivity contribution is 7.89. The Kier molecular flexibility index (Phi) is 7.65. The van der Waals surface area contributed by atoms with Gasteiger partial charge < -0.3 is 14.8 Å². The predicted octanol–water partition coefficient (Wildman–Crippen LogP) is 2.19. The first-order valence-electron chi connectivity index (χ1n) is 9.69. The summed E-state index contributed by atoms with van der Waals surface area (Å²) in [7, 11) is 0.298. The van der Waals surface area contributed by atoms with E-state index in [9.17, 15) is 18.0 Å². The molecule has 0 unspecified atom stereocenters. The second kappa shape index (κ2) is 9.58. The zero-order valence-electron chi connectivity index (χ0n) is 17.6. The zero-order valence-corrected chi connectivity index (χ0v) is 18.4. The average molecular weight is 427 g/mol. The molecule has 0 spiro atoms. The largest absolute Gasteiger partial charge is 0.495 e. The van der Waals surface area contributed by atoms with Crippen LogP contribution in [-0.2, 0) is 19.6 Å². The second-order valence-electron chi connectivity index (χ2n) is 7.58. The van der Waals surface area contributed by atoms with Crippen LogP contribution >= 0.6 is 0 Å². The molecule has 3 atom stereocenters. The summed E-state index contributed by atoms with van der Waals surface area (Å²) in [5.74, 6) is -0.628. The molecule has 162 valence electrons. The lowest BCUT2D eigenvalue weighted by atomic mass is 9.86. The molecule has 0 saturated heterocycles. The number of sulfonamides is 1. The Labute approximate surface area is 172 Å². The van der Waals surface area contributed by atoms with Gasteiger partial charge in [0.25, 0.3) is 5.91 Å². The number of carbonyl (C=O) groups is 2. The number of nitrogens with zero attached hydrogens (tertiary/aromatic N) is 1. The number of methoxy groups -OCH3 is 1. The molecular weight excluding hydrogens is 396 g/mol. The van der Waals surface area contributed by atoms with E-state index in [4.69, 9.17) is 9.47 Å². The van der Waals surface area contributed by atoms with Gasteiger partial charge in [0.2, 0.25) is 10.0 Å². The van der Waals surface area contributed by atoms with Crippen molar-refractivity contribution >= 4 is 21.9 Å². The van der Waals surface area contributed by atoms with E-state index < -0.39 is 22.1 Å². The third-order valence-corrected chi connectivity index (χ3v) is 7.09. The lowest BCUT2D eigenvalue weighted by molar-refractivity contribution is -0.130. The van der Waals surface area contributed by atoms with Gasteiger partial charge in [-0.2, -0.15) is 0 Å². The highest BCUT2D eigenvalue weighted by atomic mass is 32.2. The van der Waals surface area contributed by atoms with E-state index in [1.807, 2.05) is 0 Å². The van der Waals surface area contributed by atoms with Gasteiger partial charge in [-0.25, -0.2) is 17.5 Å². The van der Waals surface area contributed by atoms with Gasteiger partial charge in [-0.1, -0.05) is 19.8 Å². The van der Waals surface area contributed by atoms with Crippen LogP contribution in [0, 0.1) is 5.92 Å². The fourth-order valence-corrected chi connectivity index (χ4v) is 4.39. The van der Waals surface area contributed by atoms with Crippen molar-refractivity contribution in [2.75, 3.05) is 21.2 Å². The quantitative estimate of drug-likeness (QED) is 0.671. The van der Waals surface area contributed by atoms with E-state index in [1.54, 1.807) is 0 Å². The number of hydrogen-bond acceptors (Lipinski definition) is 6. The smallest absolute Gasteiger partial charge is 0.338 e. The lowest BCUT2D eigenvalue weighted by Crippen LogP contribution is -2.46. The van der Waals surface area contributed by atoms with Crippen LogP contribution in [0.4, 0.5) is 0 Å². The molecule has 8 nitrogen and oxygen atoms in total. The molecule has 0 radical (unpaired) electrons. The van der Waals surface area contributed by atoms with E-state index in [1.165, 1.54) is 46.3 Å². The molecule has 1 aliphatic rings. The topological polar surface area (TPSA) is 102 Å². The van der Waals surface area contributed by atoms with Crippen molar-refractivity contribution in [3.05, 3.63) is 23.8 Å². The van der Waals surface area contributed by atoms with Gasteiger partial charge in [0.05, 0.1) is 12.7 Å². The number of rotatable bonds is 7. The molecule has 1 N–H and O–H groups in total. The van der Waals surface area contributed by atoms with Crippen molar-refractivity contribution < 1.29 is 27.5 Å². The summed E-state index contributed by atoms with van der Waals surface area (Å²) in [4.78, 5) is 24.8. The highest BCUT2D eigenvalue weighted by Crippen LogP contribution is 2.27. The minimum Gasteiger partial charge on any atom is -0.495 e. The second-order valence-corrected chi connectivity index (χ2v) is 9.70. The van der Waals surface area contributed by atoms with E-state index in [0.717, 1.165) is 30.0 Å². The number of esters is 1. The molecule has 0 aromatic heterocycles. The van der Waals surface area contributed by atoms with Gasteiger partial charge in [0, 0.05) is 20.1 Å². The van der Waals surface area contributed by atoms with Crippen molar-refractivity contribution in [1.29, 1.82) is 0 Å². The Hall–Kier alpha value is -2.13. The first kappa shape index (κ1) is 23.2. The summed E-state index contributed by atoms with van der Waals surface area (Å²) in [6.45, 7) is 3.60. The van der Waals surface area contributed by atoms with Crippen LogP contribution in [0.3, 0.4) is 0 Å². The lowest BCUT2D eigenvalue weighted by Gasteiger charge is -2.30. The minimum absolute atomic E-state index is 0.0249. The van der Waals surface area contributed by atoms with Gasteiger partial charge in [-0.15, -0.1) is 0 Å². The number of benzene rings is 1. The van der Waals surface area contributed by atoms with Crippen LogP contribution in [0.1, 0.15) is 49.9 Å². The number of ether oxygens (including phenoxy) is 2. The Morgan fingerprint density at radius 3 is 2.45 bits per heavy atom. The molecule has 1 aromatic rings. The molecule has 0 aliphatic heterocycles. The van der Waals surface area contributed by atoms with Gasteiger partial charge in [-0.3, -0.25) is 4.79 Å². The van der Waals surface area contributed by atoms with Crippen molar-refractivity contribution in [3.63, 3.8) is 0 Å². The summed E-state index contributed by atoms with van der Waals surface area (Å²) in [5.41, 5.74) is 0.0249. The highest BCUT2D eigenvalue weighted by Gasteiger charge is 2.28. The van der Waals surface area contributed by atoms with Crippen LogP contribution in [-0.4, -0.2) is 58.0 Å². The zero-order chi connectivity index (χ0) is 21.8. The number of nitrogens with one attached hydrogen (secondary N) is 1. The number of hydrogen-bond donors (Lipinski definition) is 1. The normalized spacial score (nSPS) is 20.8. The van der Waals surface area contributed by atoms with E-state index >= 15 is 0 Å². The molecule has 1 fully saturated rings. The molecule has 9 heteroatoms. The Bertz CT molecular complexity index is 853. The fraction of sp³-hybridized carbons (Fsp3) is 0.600. The van der Waals surface area contributed by atoms with Crippen LogP contribution in [0.2, 0.25) is 0 Å². The van der Waals surface area contributed by atoms with Gasteiger partial charge in [0.1, 0.15) is 10.6 Å². The SMILES string of the molecule is COc1ccc(C(=O)O[C@H](C)C(=O)N[C@@H]2CCCC[C@@H]2C)cc1S(=O)(=O)N(C)C.